The first-order chi connectivity index (χ1) is 11.3. The molecule has 1 amide bonds. The van der Waals surface area contributed by atoms with Crippen LogP contribution in [0.4, 0.5) is 0 Å². The number of guanidine groups is 1. The van der Waals surface area contributed by atoms with Crippen molar-refractivity contribution in [2.75, 3.05) is 26.7 Å². The highest BCUT2D eigenvalue weighted by molar-refractivity contribution is 5.86. The highest BCUT2D eigenvalue weighted by atomic mass is 16.3. The molecule has 1 rings (SSSR count). The molecule has 0 unspecified atom stereocenters. The fourth-order valence-corrected chi connectivity index (χ4v) is 2.16. The third-order valence-electron chi connectivity index (χ3n) is 3.26. The van der Waals surface area contributed by atoms with Crippen LogP contribution in [0.2, 0.25) is 0 Å². The molecule has 0 aliphatic rings. The number of amides is 1. The molecule has 1 aromatic rings. The largest absolute Gasteiger partial charge is 0.469 e. The summed E-state index contributed by atoms with van der Waals surface area (Å²) in [5.74, 6) is 1.67. The predicted molar refractivity (Wildman–Crippen MR) is 98.2 cm³/mol. The van der Waals surface area contributed by atoms with Crippen LogP contribution in [0, 0.1) is 0 Å². The van der Waals surface area contributed by atoms with E-state index in [1.165, 1.54) is 0 Å². The van der Waals surface area contributed by atoms with Crippen molar-refractivity contribution in [2.24, 2.45) is 4.99 Å². The monoisotopic (exact) mass is 336 g/mol. The molecule has 1 heterocycles. The maximum atomic E-state index is 12.1. The molecule has 0 saturated carbocycles. The van der Waals surface area contributed by atoms with Crippen LogP contribution in [0.1, 0.15) is 46.3 Å². The average Bonchev–Trinajstić information content (AvgIpc) is 2.96. The fraction of sp³-hybridized carbons (Fsp3) is 0.667. The van der Waals surface area contributed by atoms with Gasteiger partial charge in [-0.2, -0.15) is 0 Å². The minimum atomic E-state index is -0.232. The molecule has 0 spiro atoms. The van der Waals surface area contributed by atoms with Gasteiger partial charge in [-0.25, -0.2) is 0 Å². The number of hydrogen-bond donors (Lipinski definition) is 2. The molecule has 0 aliphatic carbocycles. The van der Waals surface area contributed by atoms with Crippen molar-refractivity contribution in [1.29, 1.82) is 0 Å². The number of likely N-dealkylation sites (N-methyl/N-ethyl adjacent to an activating group) is 1. The van der Waals surface area contributed by atoms with Gasteiger partial charge in [-0.1, -0.05) is 13.3 Å². The van der Waals surface area contributed by atoms with Gasteiger partial charge in [-0.05, 0) is 39.3 Å². The molecule has 0 saturated heterocycles. The van der Waals surface area contributed by atoms with E-state index < -0.39 is 0 Å². The van der Waals surface area contributed by atoms with Crippen LogP contribution in [0.25, 0.3) is 0 Å². The number of unbranched alkanes of at least 4 members (excludes halogenated alkanes) is 1. The maximum absolute atomic E-state index is 12.1. The first-order valence-electron chi connectivity index (χ1n) is 8.64. The van der Waals surface area contributed by atoms with E-state index in [1.807, 2.05) is 44.9 Å². The summed E-state index contributed by atoms with van der Waals surface area (Å²) in [6, 6.07) is 3.84. The van der Waals surface area contributed by atoms with Crippen molar-refractivity contribution in [1.82, 2.24) is 15.5 Å². The Morgan fingerprint density at radius 3 is 2.71 bits per heavy atom. The SMILES string of the molecule is CCCCN=C(NCCc1ccco1)N(C)CC(=O)NC(C)(C)C. The Labute approximate surface area is 145 Å². The average molecular weight is 336 g/mol. The topological polar surface area (TPSA) is 69.9 Å². The van der Waals surface area contributed by atoms with E-state index in [0.29, 0.717) is 6.54 Å². The lowest BCUT2D eigenvalue weighted by Gasteiger charge is -2.25. The lowest BCUT2D eigenvalue weighted by atomic mass is 10.1. The minimum absolute atomic E-state index is 0.0129. The summed E-state index contributed by atoms with van der Waals surface area (Å²) < 4.78 is 5.34. The number of furan rings is 1. The molecule has 0 atom stereocenters. The Morgan fingerprint density at radius 2 is 2.12 bits per heavy atom. The summed E-state index contributed by atoms with van der Waals surface area (Å²) in [5.41, 5.74) is -0.232. The van der Waals surface area contributed by atoms with Gasteiger partial charge in [0.1, 0.15) is 5.76 Å². The zero-order valence-corrected chi connectivity index (χ0v) is 15.7. The summed E-state index contributed by atoms with van der Waals surface area (Å²) in [7, 11) is 1.88. The van der Waals surface area contributed by atoms with Crippen LogP contribution < -0.4 is 10.6 Å². The molecule has 0 aliphatic heterocycles. The third kappa shape index (κ3) is 8.60. The molecule has 0 fully saturated rings. The van der Waals surface area contributed by atoms with Gasteiger partial charge in [0.05, 0.1) is 12.8 Å². The number of carbonyl (C=O) groups is 1. The van der Waals surface area contributed by atoms with Crippen molar-refractivity contribution < 1.29 is 9.21 Å². The Morgan fingerprint density at radius 1 is 1.38 bits per heavy atom. The van der Waals surface area contributed by atoms with E-state index in [0.717, 1.165) is 37.5 Å². The van der Waals surface area contributed by atoms with Crippen LogP contribution in [-0.2, 0) is 11.2 Å². The van der Waals surface area contributed by atoms with Crippen LogP contribution in [0.3, 0.4) is 0 Å². The van der Waals surface area contributed by atoms with E-state index >= 15 is 0 Å². The Balaban J connectivity index is 2.55. The van der Waals surface area contributed by atoms with Gasteiger partial charge in [0.25, 0.3) is 0 Å². The Kier molecular flexibility index (Phi) is 8.36. The van der Waals surface area contributed by atoms with Crippen molar-refractivity contribution >= 4 is 11.9 Å². The van der Waals surface area contributed by atoms with Crippen LogP contribution in [0.5, 0.6) is 0 Å². The molecule has 0 radical (unpaired) electrons. The molecule has 0 bridgehead atoms. The number of nitrogens with one attached hydrogen (secondary N) is 2. The lowest BCUT2D eigenvalue weighted by molar-refractivity contribution is -0.122. The Bertz CT molecular complexity index is 504. The van der Waals surface area contributed by atoms with E-state index in [4.69, 9.17) is 4.42 Å². The van der Waals surface area contributed by atoms with Gasteiger partial charge >= 0.3 is 0 Å². The first kappa shape index (κ1) is 20.1. The van der Waals surface area contributed by atoms with E-state index in [2.05, 4.69) is 22.5 Å². The summed E-state index contributed by atoms with van der Waals surface area (Å²) in [6.07, 6.45) is 4.58. The molecule has 136 valence electrons. The van der Waals surface area contributed by atoms with Gasteiger partial charge < -0.3 is 20.0 Å². The summed E-state index contributed by atoms with van der Waals surface area (Å²) in [5, 5.41) is 6.29. The third-order valence-corrected chi connectivity index (χ3v) is 3.26. The van der Waals surface area contributed by atoms with Gasteiger partial charge in [-0.15, -0.1) is 0 Å². The van der Waals surface area contributed by atoms with Crippen LogP contribution in [0.15, 0.2) is 27.8 Å². The zero-order valence-electron chi connectivity index (χ0n) is 15.7. The second-order valence-electron chi connectivity index (χ2n) is 6.97. The maximum Gasteiger partial charge on any atom is 0.240 e. The highest BCUT2D eigenvalue weighted by Crippen LogP contribution is 2.01. The molecular weight excluding hydrogens is 304 g/mol. The summed E-state index contributed by atoms with van der Waals surface area (Å²) in [4.78, 5) is 18.6. The molecule has 2 N–H and O–H groups in total. The number of aliphatic imine (C=N–C) groups is 1. The van der Waals surface area contributed by atoms with E-state index in [1.54, 1.807) is 6.26 Å². The zero-order chi connectivity index (χ0) is 18.0. The molecule has 6 nitrogen and oxygen atoms in total. The number of rotatable bonds is 8. The van der Waals surface area contributed by atoms with Gasteiger partial charge in [-0.3, -0.25) is 9.79 Å². The minimum Gasteiger partial charge on any atom is -0.469 e. The lowest BCUT2D eigenvalue weighted by Crippen LogP contribution is -2.49. The standard InChI is InChI=1S/C18H32N4O2/c1-6-7-11-19-17(20-12-10-15-9-8-13-24-15)22(5)14-16(23)21-18(2,3)4/h8-9,13H,6-7,10-12,14H2,1-5H3,(H,19,20)(H,21,23). The smallest absolute Gasteiger partial charge is 0.240 e. The molecule has 6 heteroatoms. The quantitative estimate of drug-likeness (QED) is 0.434. The van der Waals surface area contributed by atoms with Crippen LogP contribution in [-0.4, -0.2) is 49.0 Å². The second-order valence-corrected chi connectivity index (χ2v) is 6.97. The van der Waals surface area contributed by atoms with E-state index in [9.17, 15) is 4.79 Å². The highest BCUT2D eigenvalue weighted by Gasteiger charge is 2.16. The van der Waals surface area contributed by atoms with Crippen molar-refractivity contribution in [3.05, 3.63) is 24.2 Å². The van der Waals surface area contributed by atoms with Gasteiger partial charge in [0.2, 0.25) is 5.91 Å². The number of nitrogens with zero attached hydrogens (tertiary/aromatic N) is 2. The first-order valence-corrected chi connectivity index (χ1v) is 8.64. The van der Waals surface area contributed by atoms with Gasteiger partial charge in [0.15, 0.2) is 5.96 Å². The molecular formula is C18H32N4O2. The molecule has 0 aromatic carbocycles. The van der Waals surface area contributed by atoms with Crippen molar-refractivity contribution in [3.8, 4) is 0 Å². The second kappa shape index (κ2) is 10.0. The molecule has 24 heavy (non-hydrogen) atoms. The predicted octanol–water partition coefficient (Wildman–Crippen LogP) is 2.41. The van der Waals surface area contributed by atoms with E-state index in [-0.39, 0.29) is 18.0 Å². The summed E-state index contributed by atoms with van der Waals surface area (Å²) >= 11 is 0. The van der Waals surface area contributed by atoms with Crippen molar-refractivity contribution in [2.45, 2.75) is 52.5 Å². The van der Waals surface area contributed by atoms with Gasteiger partial charge in [0, 0.05) is 32.1 Å². The molecule has 1 aromatic heterocycles. The van der Waals surface area contributed by atoms with Crippen molar-refractivity contribution in [3.63, 3.8) is 0 Å². The fourth-order valence-electron chi connectivity index (χ4n) is 2.16. The summed E-state index contributed by atoms with van der Waals surface area (Å²) in [6.45, 7) is 9.80. The number of hydrogen-bond acceptors (Lipinski definition) is 3. The Hall–Kier alpha value is -1.98. The normalized spacial score (nSPS) is 12.1. The number of carbonyl (C=O) groups excluding carboxylic acids is 1. The van der Waals surface area contributed by atoms with Crippen LogP contribution >= 0.6 is 0 Å².